The first-order valence-electron chi connectivity index (χ1n) is 7.97. The number of amides is 3. The number of nitrogens with two attached hydrogens (primary N) is 1. The zero-order valence-corrected chi connectivity index (χ0v) is 13.7. The summed E-state index contributed by atoms with van der Waals surface area (Å²) in [6.45, 7) is 3.49. The van der Waals surface area contributed by atoms with Crippen molar-refractivity contribution in [3.05, 3.63) is 29.8 Å². The largest absolute Gasteiger partial charge is 0.496 e. The van der Waals surface area contributed by atoms with Crippen LogP contribution < -0.4 is 15.8 Å². The van der Waals surface area contributed by atoms with Gasteiger partial charge in [-0.3, -0.25) is 15.0 Å². The third-order valence-corrected chi connectivity index (χ3v) is 4.43. The lowest BCUT2D eigenvalue weighted by atomic mass is 9.90. The van der Waals surface area contributed by atoms with Crippen molar-refractivity contribution in [1.29, 1.82) is 0 Å². The summed E-state index contributed by atoms with van der Waals surface area (Å²) >= 11 is 0. The minimum atomic E-state index is -0.801. The van der Waals surface area contributed by atoms with Crippen molar-refractivity contribution < 1.29 is 14.3 Å². The van der Waals surface area contributed by atoms with Gasteiger partial charge in [0.15, 0.2) is 0 Å². The van der Waals surface area contributed by atoms with Crippen LogP contribution in [0.3, 0.4) is 0 Å². The number of carbonyl (C=O) groups is 2. The van der Waals surface area contributed by atoms with E-state index >= 15 is 0 Å². The van der Waals surface area contributed by atoms with Gasteiger partial charge in [0.2, 0.25) is 5.91 Å². The van der Waals surface area contributed by atoms with Gasteiger partial charge in [0, 0.05) is 6.54 Å². The maximum absolute atomic E-state index is 11.9. The molecular weight excluding hydrogens is 294 g/mol. The van der Waals surface area contributed by atoms with Gasteiger partial charge < -0.3 is 10.5 Å². The molecular formula is C17H25N3O3. The van der Waals surface area contributed by atoms with E-state index in [1.807, 2.05) is 25.1 Å². The SMILES string of the molecule is COc1ccccc1CC1CCCN(C(C)C(=O)NC(N)=O)C1. The molecule has 1 saturated heterocycles. The minimum absolute atomic E-state index is 0.338. The van der Waals surface area contributed by atoms with Crippen LogP contribution in [0.4, 0.5) is 4.79 Å². The molecule has 3 amide bonds. The molecule has 3 N–H and O–H groups in total. The zero-order valence-electron chi connectivity index (χ0n) is 13.7. The Morgan fingerprint density at radius 1 is 1.43 bits per heavy atom. The number of benzene rings is 1. The molecule has 23 heavy (non-hydrogen) atoms. The number of para-hydroxylation sites is 1. The average molecular weight is 319 g/mol. The van der Waals surface area contributed by atoms with Gasteiger partial charge in [-0.15, -0.1) is 0 Å². The van der Waals surface area contributed by atoms with E-state index in [9.17, 15) is 9.59 Å². The summed E-state index contributed by atoms with van der Waals surface area (Å²) in [5.74, 6) is 1.03. The molecule has 0 saturated carbocycles. The van der Waals surface area contributed by atoms with Crippen LogP contribution in [0.1, 0.15) is 25.3 Å². The van der Waals surface area contributed by atoms with E-state index in [2.05, 4.69) is 16.3 Å². The number of primary amides is 1. The van der Waals surface area contributed by atoms with Gasteiger partial charge in [-0.2, -0.15) is 0 Å². The van der Waals surface area contributed by atoms with Gasteiger partial charge >= 0.3 is 6.03 Å². The molecule has 126 valence electrons. The Morgan fingerprint density at radius 3 is 2.87 bits per heavy atom. The van der Waals surface area contributed by atoms with Crippen LogP contribution in [0, 0.1) is 5.92 Å². The second-order valence-electron chi connectivity index (χ2n) is 6.05. The summed E-state index contributed by atoms with van der Waals surface area (Å²) in [5.41, 5.74) is 6.21. The number of imide groups is 1. The van der Waals surface area contributed by atoms with E-state index in [1.54, 1.807) is 7.11 Å². The normalized spacial score (nSPS) is 19.8. The molecule has 2 atom stereocenters. The number of likely N-dealkylation sites (tertiary alicyclic amines) is 1. The number of nitrogens with one attached hydrogen (secondary N) is 1. The highest BCUT2D eigenvalue weighted by Crippen LogP contribution is 2.26. The van der Waals surface area contributed by atoms with Gasteiger partial charge in [-0.1, -0.05) is 18.2 Å². The third kappa shape index (κ3) is 4.69. The lowest BCUT2D eigenvalue weighted by Gasteiger charge is -2.36. The quantitative estimate of drug-likeness (QED) is 0.862. The minimum Gasteiger partial charge on any atom is -0.496 e. The number of methoxy groups -OCH3 is 1. The highest BCUT2D eigenvalue weighted by atomic mass is 16.5. The van der Waals surface area contributed by atoms with Crippen molar-refractivity contribution in [2.45, 2.75) is 32.2 Å². The maximum Gasteiger partial charge on any atom is 0.318 e. The van der Waals surface area contributed by atoms with Gasteiger partial charge in [0.25, 0.3) is 0 Å². The fourth-order valence-electron chi connectivity index (χ4n) is 3.19. The topological polar surface area (TPSA) is 84.7 Å². The Morgan fingerprint density at radius 2 is 2.17 bits per heavy atom. The number of rotatable bonds is 5. The predicted octanol–water partition coefficient (Wildman–Crippen LogP) is 1.53. The Balaban J connectivity index is 1.97. The summed E-state index contributed by atoms with van der Waals surface area (Å²) in [6.07, 6.45) is 3.08. The highest BCUT2D eigenvalue weighted by molar-refractivity contribution is 5.96. The molecule has 1 aliphatic rings. The van der Waals surface area contributed by atoms with Crippen molar-refractivity contribution in [1.82, 2.24) is 10.2 Å². The summed E-state index contributed by atoms with van der Waals surface area (Å²) in [5, 5.41) is 2.16. The van der Waals surface area contributed by atoms with Gasteiger partial charge in [-0.25, -0.2) is 4.79 Å². The first kappa shape index (κ1) is 17.3. The smallest absolute Gasteiger partial charge is 0.318 e. The Hall–Kier alpha value is -2.08. The molecule has 0 radical (unpaired) electrons. The molecule has 1 aromatic carbocycles. The Labute approximate surface area is 137 Å². The number of hydrogen-bond donors (Lipinski definition) is 2. The number of piperidine rings is 1. The van der Waals surface area contributed by atoms with Crippen molar-refractivity contribution in [3.8, 4) is 5.75 Å². The van der Waals surface area contributed by atoms with Crippen LogP contribution in [-0.4, -0.2) is 43.1 Å². The van der Waals surface area contributed by atoms with Gasteiger partial charge in [-0.05, 0) is 50.3 Å². The van der Waals surface area contributed by atoms with Gasteiger partial charge in [0.1, 0.15) is 5.75 Å². The molecule has 6 nitrogen and oxygen atoms in total. The molecule has 1 aromatic rings. The predicted molar refractivity (Wildman–Crippen MR) is 88.2 cm³/mol. The molecule has 1 heterocycles. The van der Waals surface area contributed by atoms with Crippen LogP contribution in [-0.2, 0) is 11.2 Å². The summed E-state index contributed by atoms with van der Waals surface area (Å²) in [6, 6.07) is 6.87. The standard InChI is InChI=1S/C17H25N3O3/c1-12(16(21)19-17(18)22)20-9-5-6-13(11-20)10-14-7-3-4-8-15(14)23-2/h3-4,7-8,12-13H,5-6,9-11H2,1-2H3,(H3,18,19,21,22). The molecule has 0 aromatic heterocycles. The monoisotopic (exact) mass is 319 g/mol. The van der Waals surface area contributed by atoms with Crippen molar-refractivity contribution >= 4 is 11.9 Å². The third-order valence-electron chi connectivity index (χ3n) is 4.43. The van der Waals surface area contributed by atoms with E-state index in [0.29, 0.717) is 5.92 Å². The summed E-state index contributed by atoms with van der Waals surface area (Å²) in [7, 11) is 1.68. The van der Waals surface area contributed by atoms with E-state index in [4.69, 9.17) is 10.5 Å². The number of hydrogen-bond acceptors (Lipinski definition) is 4. The van der Waals surface area contributed by atoms with Crippen LogP contribution in [0.5, 0.6) is 5.75 Å². The molecule has 0 spiro atoms. The maximum atomic E-state index is 11.9. The second-order valence-corrected chi connectivity index (χ2v) is 6.05. The van der Waals surface area contributed by atoms with Crippen LogP contribution in [0.15, 0.2) is 24.3 Å². The molecule has 2 rings (SSSR count). The van der Waals surface area contributed by atoms with Crippen molar-refractivity contribution in [2.75, 3.05) is 20.2 Å². The van der Waals surface area contributed by atoms with Crippen molar-refractivity contribution in [3.63, 3.8) is 0 Å². The molecule has 0 aliphatic carbocycles. The second kappa shape index (κ2) is 7.97. The fraction of sp³-hybridized carbons (Fsp3) is 0.529. The lowest BCUT2D eigenvalue weighted by molar-refractivity contribution is -0.125. The fourth-order valence-corrected chi connectivity index (χ4v) is 3.19. The summed E-state index contributed by atoms with van der Waals surface area (Å²) in [4.78, 5) is 24.9. The molecule has 1 aliphatic heterocycles. The van der Waals surface area contributed by atoms with Gasteiger partial charge in [0.05, 0.1) is 13.2 Å². The lowest BCUT2D eigenvalue weighted by Crippen LogP contribution is -2.51. The number of urea groups is 1. The van der Waals surface area contributed by atoms with E-state index in [1.165, 1.54) is 5.56 Å². The average Bonchev–Trinajstić information content (AvgIpc) is 2.54. The van der Waals surface area contributed by atoms with Crippen LogP contribution in [0.25, 0.3) is 0 Å². The number of ether oxygens (including phenoxy) is 1. The molecule has 1 fully saturated rings. The van der Waals surface area contributed by atoms with Crippen molar-refractivity contribution in [2.24, 2.45) is 11.7 Å². The molecule has 2 unspecified atom stereocenters. The van der Waals surface area contributed by atoms with E-state index in [0.717, 1.165) is 38.1 Å². The first-order chi connectivity index (χ1) is 11.0. The van der Waals surface area contributed by atoms with E-state index in [-0.39, 0.29) is 11.9 Å². The number of carbonyl (C=O) groups excluding carboxylic acids is 2. The van der Waals surface area contributed by atoms with E-state index < -0.39 is 6.03 Å². The number of nitrogens with zero attached hydrogens (tertiary/aromatic N) is 1. The highest BCUT2D eigenvalue weighted by Gasteiger charge is 2.28. The Kier molecular flexibility index (Phi) is 5.98. The zero-order chi connectivity index (χ0) is 16.8. The van der Waals surface area contributed by atoms with Crippen LogP contribution >= 0.6 is 0 Å². The molecule has 0 bridgehead atoms. The Bertz CT molecular complexity index is 562. The summed E-state index contributed by atoms with van der Waals surface area (Å²) < 4.78 is 5.41. The first-order valence-corrected chi connectivity index (χ1v) is 7.97. The van der Waals surface area contributed by atoms with Crippen LogP contribution in [0.2, 0.25) is 0 Å². The molecule has 6 heteroatoms.